The predicted molar refractivity (Wildman–Crippen MR) is 109 cm³/mol. The normalized spacial score (nSPS) is 19.1. The smallest absolute Gasteiger partial charge is 0.238 e. The number of carbonyl (C=O) groups excluding carboxylic acids is 1. The molecule has 0 saturated heterocycles. The lowest BCUT2D eigenvalue weighted by Crippen LogP contribution is -2.22. The quantitative estimate of drug-likeness (QED) is 0.735. The van der Waals surface area contributed by atoms with Crippen molar-refractivity contribution in [3.63, 3.8) is 0 Å². The first kappa shape index (κ1) is 17.7. The maximum Gasteiger partial charge on any atom is 0.238 e. The van der Waals surface area contributed by atoms with E-state index >= 15 is 0 Å². The standard InChI is InChI=1S/C21H21N3O2S/c1-13-18-19(15-9-11-17(26-3)12-10-15)27-14(2)21(25)22-20(18)24(23-13)16-7-5-4-6-8-16/h4-12,14,19H,1-3H3,(H,22,25)/t14-,19+/m1/s1. The van der Waals surface area contributed by atoms with Crippen LogP contribution < -0.4 is 10.1 Å². The Morgan fingerprint density at radius 1 is 1.11 bits per heavy atom. The summed E-state index contributed by atoms with van der Waals surface area (Å²) in [7, 11) is 1.66. The van der Waals surface area contributed by atoms with Crippen molar-refractivity contribution in [1.29, 1.82) is 0 Å². The van der Waals surface area contributed by atoms with Crippen LogP contribution in [0.15, 0.2) is 54.6 Å². The van der Waals surface area contributed by atoms with Gasteiger partial charge >= 0.3 is 0 Å². The third kappa shape index (κ3) is 3.21. The Morgan fingerprint density at radius 2 is 1.81 bits per heavy atom. The average Bonchev–Trinajstić information content (AvgIpc) is 2.95. The molecule has 1 aliphatic heterocycles. The van der Waals surface area contributed by atoms with Crippen molar-refractivity contribution in [2.24, 2.45) is 0 Å². The number of nitrogens with one attached hydrogen (secondary N) is 1. The van der Waals surface area contributed by atoms with E-state index in [2.05, 4.69) is 17.4 Å². The van der Waals surface area contributed by atoms with Crippen molar-refractivity contribution >= 4 is 23.5 Å². The van der Waals surface area contributed by atoms with Gasteiger partial charge < -0.3 is 10.1 Å². The van der Waals surface area contributed by atoms with E-state index in [1.54, 1.807) is 18.9 Å². The number of methoxy groups -OCH3 is 1. The Morgan fingerprint density at radius 3 is 2.48 bits per heavy atom. The highest BCUT2D eigenvalue weighted by atomic mass is 32.2. The molecule has 138 valence electrons. The van der Waals surface area contributed by atoms with E-state index in [4.69, 9.17) is 9.84 Å². The van der Waals surface area contributed by atoms with E-state index in [0.717, 1.165) is 34.1 Å². The first-order valence-corrected chi connectivity index (χ1v) is 9.78. The number of nitrogens with zero attached hydrogens (tertiary/aromatic N) is 2. The summed E-state index contributed by atoms with van der Waals surface area (Å²) in [6, 6.07) is 17.9. The minimum atomic E-state index is -0.173. The van der Waals surface area contributed by atoms with E-state index in [1.165, 1.54) is 0 Å². The van der Waals surface area contributed by atoms with Crippen molar-refractivity contribution in [2.75, 3.05) is 12.4 Å². The van der Waals surface area contributed by atoms with Crippen LogP contribution in [0.25, 0.3) is 5.69 Å². The Labute approximate surface area is 162 Å². The highest BCUT2D eigenvalue weighted by Gasteiger charge is 2.33. The fraction of sp³-hybridized carbons (Fsp3) is 0.238. The Bertz CT molecular complexity index is 967. The van der Waals surface area contributed by atoms with Crippen molar-refractivity contribution < 1.29 is 9.53 Å². The number of carbonyl (C=O) groups is 1. The molecule has 0 saturated carbocycles. The zero-order valence-electron chi connectivity index (χ0n) is 15.5. The number of para-hydroxylation sites is 1. The molecule has 2 heterocycles. The highest BCUT2D eigenvalue weighted by Crippen LogP contribution is 2.46. The summed E-state index contributed by atoms with van der Waals surface area (Å²) in [6.45, 7) is 3.94. The van der Waals surface area contributed by atoms with Crippen molar-refractivity contribution in [2.45, 2.75) is 24.3 Å². The highest BCUT2D eigenvalue weighted by molar-refractivity contribution is 8.01. The number of thioether (sulfide) groups is 1. The average molecular weight is 379 g/mol. The topological polar surface area (TPSA) is 56.1 Å². The molecular formula is C21H21N3O2S. The Kier molecular flexibility index (Phi) is 4.66. The van der Waals surface area contributed by atoms with Crippen molar-refractivity contribution in [1.82, 2.24) is 9.78 Å². The zero-order valence-corrected chi connectivity index (χ0v) is 16.3. The maximum atomic E-state index is 12.7. The van der Waals surface area contributed by atoms with Crippen LogP contribution in [0.2, 0.25) is 0 Å². The van der Waals surface area contributed by atoms with Crippen LogP contribution in [0.5, 0.6) is 5.75 Å². The van der Waals surface area contributed by atoms with Crippen LogP contribution >= 0.6 is 11.8 Å². The molecule has 6 heteroatoms. The van der Waals surface area contributed by atoms with Crippen LogP contribution in [0.1, 0.15) is 29.0 Å². The summed E-state index contributed by atoms with van der Waals surface area (Å²) < 4.78 is 7.12. The molecule has 1 aromatic heterocycles. The van der Waals surface area contributed by atoms with Gasteiger partial charge in [-0.1, -0.05) is 30.3 Å². The lowest BCUT2D eigenvalue weighted by molar-refractivity contribution is -0.115. The van der Waals surface area contributed by atoms with E-state index in [-0.39, 0.29) is 16.4 Å². The second kappa shape index (κ2) is 7.12. The third-order valence-electron chi connectivity index (χ3n) is 4.74. The second-order valence-electron chi connectivity index (χ2n) is 6.52. The Balaban J connectivity index is 1.87. The largest absolute Gasteiger partial charge is 0.497 e. The summed E-state index contributed by atoms with van der Waals surface area (Å²) in [4.78, 5) is 12.7. The van der Waals surface area contributed by atoms with Gasteiger partial charge in [-0.2, -0.15) is 5.10 Å². The molecule has 0 bridgehead atoms. The second-order valence-corrected chi connectivity index (χ2v) is 7.97. The van der Waals surface area contributed by atoms with E-state index < -0.39 is 0 Å². The fourth-order valence-corrected chi connectivity index (χ4v) is 4.63. The van der Waals surface area contributed by atoms with Gasteiger partial charge in [0.2, 0.25) is 5.91 Å². The summed E-state index contributed by atoms with van der Waals surface area (Å²) in [5.74, 6) is 1.56. The number of aryl methyl sites for hydroxylation is 1. The molecule has 0 unspecified atom stereocenters. The van der Waals surface area contributed by atoms with Gasteiger partial charge in [-0.05, 0) is 43.7 Å². The van der Waals surface area contributed by atoms with Crippen LogP contribution in [-0.2, 0) is 4.79 Å². The summed E-state index contributed by atoms with van der Waals surface area (Å²) in [5, 5.41) is 7.67. The number of hydrogen-bond donors (Lipinski definition) is 1. The number of aromatic nitrogens is 2. The zero-order chi connectivity index (χ0) is 19.0. The minimum absolute atomic E-state index is 0.00524. The molecular weight excluding hydrogens is 358 g/mol. The molecule has 0 radical (unpaired) electrons. The molecule has 4 rings (SSSR count). The number of benzene rings is 2. The number of hydrogen-bond acceptors (Lipinski definition) is 4. The van der Waals surface area contributed by atoms with Gasteiger partial charge in [0.25, 0.3) is 0 Å². The van der Waals surface area contributed by atoms with Crippen molar-refractivity contribution in [3.8, 4) is 11.4 Å². The van der Waals surface area contributed by atoms with E-state index in [0.29, 0.717) is 0 Å². The minimum Gasteiger partial charge on any atom is -0.497 e. The molecule has 1 amide bonds. The summed E-state index contributed by atoms with van der Waals surface area (Å²) in [5.41, 5.74) is 4.01. The number of anilines is 1. The maximum absolute atomic E-state index is 12.7. The molecule has 27 heavy (non-hydrogen) atoms. The molecule has 0 spiro atoms. The van der Waals surface area contributed by atoms with Gasteiger partial charge in [0.1, 0.15) is 11.6 Å². The summed E-state index contributed by atoms with van der Waals surface area (Å²) in [6.07, 6.45) is 0. The number of fused-ring (bicyclic) bond motifs is 1. The number of rotatable bonds is 3. The van der Waals surface area contributed by atoms with Gasteiger partial charge in [0.05, 0.1) is 29.0 Å². The molecule has 0 fully saturated rings. The van der Waals surface area contributed by atoms with E-state index in [1.807, 2.05) is 61.0 Å². The van der Waals surface area contributed by atoms with Crippen LogP contribution in [-0.4, -0.2) is 28.0 Å². The SMILES string of the molecule is COc1ccc([C@@H]2S[C@H](C)C(=O)Nc3c2c(C)nn3-c2ccccc2)cc1. The first-order valence-electron chi connectivity index (χ1n) is 8.83. The van der Waals surface area contributed by atoms with Gasteiger partial charge in [0.15, 0.2) is 0 Å². The van der Waals surface area contributed by atoms with Gasteiger partial charge in [-0.3, -0.25) is 4.79 Å². The summed E-state index contributed by atoms with van der Waals surface area (Å²) >= 11 is 1.64. The predicted octanol–water partition coefficient (Wildman–Crippen LogP) is 4.35. The molecule has 5 nitrogen and oxygen atoms in total. The fourth-order valence-electron chi connectivity index (χ4n) is 3.31. The van der Waals surface area contributed by atoms with Crippen molar-refractivity contribution in [3.05, 3.63) is 71.4 Å². The van der Waals surface area contributed by atoms with Gasteiger partial charge in [0, 0.05) is 5.56 Å². The lowest BCUT2D eigenvalue weighted by atomic mass is 10.0. The molecule has 2 atom stereocenters. The number of ether oxygens (including phenoxy) is 1. The van der Waals surface area contributed by atoms with Gasteiger partial charge in [-0.15, -0.1) is 11.8 Å². The monoisotopic (exact) mass is 379 g/mol. The lowest BCUT2D eigenvalue weighted by Gasteiger charge is -2.17. The van der Waals surface area contributed by atoms with Crippen LogP contribution in [0.3, 0.4) is 0 Å². The molecule has 3 aromatic rings. The molecule has 1 N–H and O–H groups in total. The van der Waals surface area contributed by atoms with E-state index in [9.17, 15) is 4.79 Å². The molecule has 2 aromatic carbocycles. The van der Waals surface area contributed by atoms with Crippen LogP contribution in [0.4, 0.5) is 5.82 Å². The molecule has 1 aliphatic rings. The van der Waals surface area contributed by atoms with Crippen LogP contribution in [0, 0.1) is 6.92 Å². The molecule has 0 aliphatic carbocycles. The number of amides is 1. The first-order chi connectivity index (χ1) is 13.1. The Hall–Kier alpha value is -2.73. The van der Waals surface area contributed by atoms with Gasteiger partial charge in [-0.25, -0.2) is 4.68 Å². The third-order valence-corrected chi connectivity index (χ3v) is 6.14.